The first-order chi connectivity index (χ1) is 9.65. The van der Waals surface area contributed by atoms with Crippen molar-refractivity contribution in [2.24, 2.45) is 0 Å². The van der Waals surface area contributed by atoms with Crippen molar-refractivity contribution in [1.29, 1.82) is 0 Å². The molecule has 20 heavy (non-hydrogen) atoms. The number of para-hydroxylation sites is 1. The molecule has 0 aliphatic heterocycles. The molecular formula is C16H17BrFNO. The van der Waals surface area contributed by atoms with Crippen LogP contribution in [0, 0.1) is 5.82 Å². The molecule has 2 aromatic rings. The Labute approximate surface area is 127 Å². The Balaban J connectivity index is 2.36. The molecule has 1 atom stereocenters. The third-order valence-electron chi connectivity index (χ3n) is 3.16. The summed E-state index contributed by atoms with van der Waals surface area (Å²) in [5, 5.41) is 3.24. The van der Waals surface area contributed by atoms with Crippen molar-refractivity contribution < 1.29 is 9.13 Å². The molecule has 0 saturated carbocycles. The molecule has 106 valence electrons. The maximum absolute atomic E-state index is 13.8. The zero-order valence-electron chi connectivity index (χ0n) is 11.5. The van der Waals surface area contributed by atoms with E-state index in [2.05, 4.69) is 28.2 Å². The van der Waals surface area contributed by atoms with Gasteiger partial charge < -0.3 is 10.1 Å². The second-order valence-electron chi connectivity index (χ2n) is 4.46. The Bertz CT molecular complexity index is 584. The van der Waals surface area contributed by atoms with Gasteiger partial charge in [0, 0.05) is 16.1 Å². The lowest BCUT2D eigenvalue weighted by molar-refractivity contribution is 0.427. The molecule has 4 heteroatoms. The highest BCUT2D eigenvalue weighted by molar-refractivity contribution is 9.10. The lowest BCUT2D eigenvalue weighted by atomic mass is 10.0. The van der Waals surface area contributed by atoms with Crippen LogP contribution in [0.5, 0.6) is 11.5 Å². The van der Waals surface area contributed by atoms with Crippen molar-refractivity contribution in [2.45, 2.75) is 19.4 Å². The lowest BCUT2D eigenvalue weighted by Gasteiger charge is -2.18. The third-order valence-corrected chi connectivity index (χ3v) is 3.66. The van der Waals surface area contributed by atoms with Gasteiger partial charge in [0.2, 0.25) is 0 Å². The molecule has 0 aromatic heterocycles. The fraction of sp³-hybridized carbons (Fsp3) is 0.250. The van der Waals surface area contributed by atoms with E-state index in [4.69, 9.17) is 4.74 Å². The Hall–Kier alpha value is -1.39. The molecular weight excluding hydrogens is 321 g/mol. The lowest BCUT2D eigenvalue weighted by Crippen LogP contribution is -2.15. The van der Waals surface area contributed by atoms with Crippen LogP contribution in [0.25, 0.3) is 0 Å². The van der Waals surface area contributed by atoms with Gasteiger partial charge in [-0.25, -0.2) is 4.39 Å². The number of hydrogen-bond donors (Lipinski definition) is 1. The highest BCUT2D eigenvalue weighted by atomic mass is 79.9. The number of halogens is 2. The van der Waals surface area contributed by atoms with Crippen molar-refractivity contribution in [1.82, 2.24) is 5.32 Å². The van der Waals surface area contributed by atoms with E-state index in [0.29, 0.717) is 5.75 Å². The van der Waals surface area contributed by atoms with E-state index >= 15 is 0 Å². The summed E-state index contributed by atoms with van der Waals surface area (Å²) in [4.78, 5) is 0. The minimum atomic E-state index is -0.375. The van der Waals surface area contributed by atoms with Crippen LogP contribution in [0.15, 0.2) is 46.9 Å². The minimum Gasteiger partial charge on any atom is -0.454 e. The van der Waals surface area contributed by atoms with Gasteiger partial charge in [-0.05, 0) is 37.7 Å². The summed E-state index contributed by atoms with van der Waals surface area (Å²) in [6.07, 6.45) is 0.928. The van der Waals surface area contributed by atoms with Gasteiger partial charge in [-0.1, -0.05) is 41.1 Å². The van der Waals surface area contributed by atoms with Gasteiger partial charge in [0.25, 0.3) is 0 Å². The van der Waals surface area contributed by atoms with E-state index in [1.807, 2.05) is 31.3 Å². The van der Waals surface area contributed by atoms with Gasteiger partial charge >= 0.3 is 0 Å². The summed E-state index contributed by atoms with van der Waals surface area (Å²) in [5.74, 6) is 0.518. The minimum absolute atomic E-state index is 0.182. The van der Waals surface area contributed by atoms with E-state index < -0.39 is 0 Å². The van der Waals surface area contributed by atoms with E-state index in [-0.39, 0.29) is 17.6 Å². The van der Waals surface area contributed by atoms with E-state index in [9.17, 15) is 4.39 Å². The van der Waals surface area contributed by atoms with Crippen molar-refractivity contribution in [3.05, 3.63) is 58.3 Å². The summed E-state index contributed by atoms with van der Waals surface area (Å²) in [6.45, 7) is 2.09. The fourth-order valence-corrected chi connectivity index (χ4v) is 2.45. The maximum atomic E-state index is 13.8. The monoisotopic (exact) mass is 337 g/mol. The molecule has 0 saturated heterocycles. The first-order valence-electron chi connectivity index (χ1n) is 6.54. The Morgan fingerprint density at radius 3 is 2.65 bits per heavy atom. The molecule has 0 aliphatic rings. The number of hydrogen-bond acceptors (Lipinski definition) is 2. The molecule has 2 aromatic carbocycles. The summed E-state index contributed by atoms with van der Waals surface area (Å²) < 4.78 is 20.3. The summed E-state index contributed by atoms with van der Waals surface area (Å²) in [5.41, 5.74) is 1.02. The van der Waals surface area contributed by atoms with Crippen LogP contribution in [0.3, 0.4) is 0 Å². The number of ether oxygens (including phenoxy) is 1. The SMILES string of the molecule is CCC(NC)c1ccccc1Oc1cc(Br)ccc1F. The smallest absolute Gasteiger partial charge is 0.165 e. The van der Waals surface area contributed by atoms with Crippen LogP contribution in [-0.4, -0.2) is 7.05 Å². The molecule has 0 heterocycles. The molecule has 0 amide bonds. The van der Waals surface area contributed by atoms with Crippen LogP contribution in [0.4, 0.5) is 4.39 Å². The second kappa shape index (κ2) is 6.86. The van der Waals surface area contributed by atoms with Gasteiger partial charge in [0.15, 0.2) is 11.6 Å². The molecule has 0 radical (unpaired) electrons. The van der Waals surface area contributed by atoms with Crippen molar-refractivity contribution in [3.63, 3.8) is 0 Å². The summed E-state index contributed by atoms with van der Waals surface area (Å²) in [6, 6.07) is 12.5. The molecule has 2 rings (SSSR count). The van der Waals surface area contributed by atoms with Crippen LogP contribution < -0.4 is 10.1 Å². The van der Waals surface area contributed by atoms with Gasteiger partial charge in [-0.15, -0.1) is 0 Å². The third kappa shape index (κ3) is 3.38. The average molecular weight is 338 g/mol. The highest BCUT2D eigenvalue weighted by Gasteiger charge is 2.14. The maximum Gasteiger partial charge on any atom is 0.165 e. The summed E-state index contributed by atoms with van der Waals surface area (Å²) in [7, 11) is 1.91. The van der Waals surface area contributed by atoms with Crippen molar-refractivity contribution in [2.75, 3.05) is 7.05 Å². The topological polar surface area (TPSA) is 21.3 Å². The predicted octanol–water partition coefficient (Wildman–Crippen LogP) is 5.05. The zero-order valence-corrected chi connectivity index (χ0v) is 13.1. The number of nitrogens with one attached hydrogen (secondary N) is 1. The van der Waals surface area contributed by atoms with Crippen LogP contribution in [-0.2, 0) is 0 Å². The second-order valence-corrected chi connectivity index (χ2v) is 5.38. The Morgan fingerprint density at radius 2 is 1.95 bits per heavy atom. The van der Waals surface area contributed by atoms with Gasteiger partial charge in [-0.3, -0.25) is 0 Å². The van der Waals surface area contributed by atoms with Crippen LogP contribution >= 0.6 is 15.9 Å². The average Bonchev–Trinajstić information content (AvgIpc) is 2.46. The summed E-state index contributed by atoms with van der Waals surface area (Å²) >= 11 is 3.33. The van der Waals surface area contributed by atoms with E-state index in [1.165, 1.54) is 6.07 Å². The predicted molar refractivity (Wildman–Crippen MR) is 82.7 cm³/mol. The normalized spacial score (nSPS) is 12.2. The van der Waals surface area contributed by atoms with Crippen LogP contribution in [0.1, 0.15) is 24.9 Å². The molecule has 0 bridgehead atoms. The molecule has 2 nitrogen and oxygen atoms in total. The molecule has 0 spiro atoms. The van der Waals surface area contributed by atoms with E-state index in [1.54, 1.807) is 12.1 Å². The van der Waals surface area contributed by atoms with Crippen molar-refractivity contribution in [3.8, 4) is 11.5 Å². The first kappa shape index (κ1) is 15.0. The molecule has 1 N–H and O–H groups in total. The van der Waals surface area contributed by atoms with Crippen LogP contribution in [0.2, 0.25) is 0 Å². The quantitative estimate of drug-likeness (QED) is 0.824. The van der Waals surface area contributed by atoms with Gasteiger partial charge in [0.05, 0.1) is 0 Å². The fourth-order valence-electron chi connectivity index (χ4n) is 2.11. The first-order valence-corrected chi connectivity index (χ1v) is 7.34. The number of benzene rings is 2. The van der Waals surface area contributed by atoms with Gasteiger partial charge in [-0.2, -0.15) is 0 Å². The van der Waals surface area contributed by atoms with Crippen molar-refractivity contribution >= 4 is 15.9 Å². The van der Waals surface area contributed by atoms with E-state index in [0.717, 1.165) is 16.5 Å². The van der Waals surface area contributed by atoms with Gasteiger partial charge in [0.1, 0.15) is 5.75 Å². The molecule has 0 aliphatic carbocycles. The Kier molecular flexibility index (Phi) is 5.15. The molecule has 0 fully saturated rings. The number of rotatable bonds is 5. The largest absolute Gasteiger partial charge is 0.454 e. The molecule has 1 unspecified atom stereocenters. The standard InChI is InChI=1S/C16H17BrFNO/c1-3-14(19-2)12-6-4-5-7-15(12)20-16-10-11(17)8-9-13(16)18/h4-10,14,19H,3H2,1-2H3. The zero-order chi connectivity index (χ0) is 14.5. The Morgan fingerprint density at radius 1 is 1.20 bits per heavy atom. The highest BCUT2D eigenvalue weighted by Crippen LogP contribution is 2.33.